The third-order valence-corrected chi connectivity index (χ3v) is 5.03. The average molecular weight is 310 g/mol. The molecule has 108 valence electrons. The van der Waals surface area contributed by atoms with Crippen molar-refractivity contribution in [3.63, 3.8) is 0 Å². The highest BCUT2D eigenvalue weighted by Crippen LogP contribution is 2.29. The zero-order chi connectivity index (χ0) is 14.4. The Morgan fingerprint density at radius 3 is 3.00 bits per heavy atom. The number of carbonyl (C=O) groups is 1. The SMILES string of the molecule is COCCCN(C)C(=O)CSc1nc2ccccc2s1. The van der Waals surface area contributed by atoms with Gasteiger partial charge in [-0.25, -0.2) is 4.98 Å². The minimum atomic E-state index is 0.130. The van der Waals surface area contributed by atoms with Crippen LogP contribution in [-0.2, 0) is 9.53 Å². The monoisotopic (exact) mass is 310 g/mol. The second kappa shape index (κ2) is 7.61. The molecule has 1 heterocycles. The second-order valence-corrected chi connectivity index (χ2v) is 6.65. The first kappa shape index (κ1) is 15.3. The molecular weight excluding hydrogens is 292 g/mol. The summed E-state index contributed by atoms with van der Waals surface area (Å²) in [6, 6.07) is 8.03. The Morgan fingerprint density at radius 2 is 2.25 bits per heavy atom. The van der Waals surface area contributed by atoms with Crippen molar-refractivity contribution in [3.8, 4) is 0 Å². The molecular formula is C14H18N2O2S2. The first-order valence-electron chi connectivity index (χ1n) is 6.42. The van der Waals surface area contributed by atoms with Gasteiger partial charge in [-0.1, -0.05) is 23.9 Å². The fraction of sp³-hybridized carbons (Fsp3) is 0.429. The Kier molecular flexibility index (Phi) is 5.82. The number of ether oxygens (including phenoxy) is 1. The molecule has 0 unspecified atom stereocenters. The Bertz CT molecular complexity index is 538. The van der Waals surface area contributed by atoms with Crippen LogP contribution in [0.2, 0.25) is 0 Å². The summed E-state index contributed by atoms with van der Waals surface area (Å²) >= 11 is 3.14. The molecule has 1 aromatic carbocycles. The minimum absolute atomic E-state index is 0.130. The van der Waals surface area contributed by atoms with Gasteiger partial charge in [-0.15, -0.1) is 11.3 Å². The first-order chi connectivity index (χ1) is 9.70. The number of benzene rings is 1. The molecule has 0 saturated heterocycles. The summed E-state index contributed by atoms with van der Waals surface area (Å²) in [5, 5.41) is 0. The average Bonchev–Trinajstić information content (AvgIpc) is 2.87. The summed E-state index contributed by atoms with van der Waals surface area (Å²) in [7, 11) is 3.50. The fourth-order valence-corrected chi connectivity index (χ4v) is 3.73. The maximum Gasteiger partial charge on any atom is 0.232 e. The zero-order valence-electron chi connectivity index (χ0n) is 11.7. The van der Waals surface area contributed by atoms with Crippen LogP contribution < -0.4 is 0 Å². The summed E-state index contributed by atoms with van der Waals surface area (Å²) in [6.07, 6.45) is 0.866. The molecule has 0 aliphatic carbocycles. The van der Waals surface area contributed by atoms with E-state index in [-0.39, 0.29) is 5.91 Å². The van der Waals surface area contributed by atoms with Gasteiger partial charge in [-0.05, 0) is 18.6 Å². The summed E-state index contributed by atoms with van der Waals surface area (Å²) in [4.78, 5) is 18.2. The van der Waals surface area contributed by atoms with E-state index in [1.54, 1.807) is 23.3 Å². The standard InChI is InChI=1S/C14H18N2O2S2/c1-16(8-5-9-18-2)13(17)10-19-14-15-11-6-3-4-7-12(11)20-14/h3-4,6-7H,5,8-10H2,1-2H3. The number of rotatable bonds is 7. The number of thioether (sulfide) groups is 1. The van der Waals surface area contributed by atoms with Crippen molar-refractivity contribution in [2.24, 2.45) is 0 Å². The smallest absolute Gasteiger partial charge is 0.232 e. The lowest BCUT2D eigenvalue weighted by molar-refractivity contribution is -0.127. The lowest BCUT2D eigenvalue weighted by Gasteiger charge is -2.16. The molecule has 0 N–H and O–H groups in total. The topological polar surface area (TPSA) is 42.4 Å². The van der Waals surface area contributed by atoms with Gasteiger partial charge in [0, 0.05) is 27.3 Å². The number of methoxy groups -OCH3 is 1. The largest absolute Gasteiger partial charge is 0.385 e. The van der Waals surface area contributed by atoms with Crippen LogP contribution in [0.15, 0.2) is 28.6 Å². The van der Waals surface area contributed by atoms with E-state index in [2.05, 4.69) is 11.1 Å². The molecule has 2 aromatic rings. The third-order valence-electron chi connectivity index (χ3n) is 2.86. The molecule has 6 heteroatoms. The summed E-state index contributed by atoms with van der Waals surface area (Å²) < 4.78 is 7.10. The van der Waals surface area contributed by atoms with Crippen molar-refractivity contribution < 1.29 is 9.53 Å². The lowest BCUT2D eigenvalue weighted by atomic mass is 10.3. The molecule has 0 spiro atoms. The van der Waals surface area contributed by atoms with Crippen molar-refractivity contribution >= 4 is 39.2 Å². The van der Waals surface area contributed by atoms with Crippen LogP contribution in [-0.4, -0.2) is 48.9 Å². The predicted molar refractivity (Wildman–Crippen MR) is 84.5 cm³/mol. The number of carbonyl (C=O) groups excluding carboxylic acids is 1. The number of para-hydroxylation sites is 1. The van der Waals surface area contributed by atoms with Crippen LogP contribution in [0, 0.1) is 0 Å². The summed E-state index contributed by atoms with van der Waals surface area (Å²) in [6.45, 7) is 1.41. The van der Waals surface area contributed by atoms with Crippen molar-refractivity contribution in [2.45, 2.75) is 10.8 Å². The number of hydrogen-bond acceptors (Lipinski definition) is 5. The second-order valence-electron chi connectivity index (χ2n) is 4.40. The van der Waals surface area contributed by atoms with Crippen LogP contribution in [0.1, 0.15) is 6.42 Å². The maximum atomic E-state index is 12.0. The molecule has 4 nitrogen and oxygen atoms in total. The van der Waals surface area contributed by atoms with E-state index in [9.17, 15) is 4.79 Å². The van der Waals surface area contributed by atoms with Crippen LogP contribution in [0.4, 0.5) is 0 Å². The molecule has 0 saturated carbocycles. The van der Waals surface area contributed by atoms with E-state index in [0.29, 0.717) is 12.4 Å². The molecule has 20 heavy (non-hydrogen) atoms. The number of fused-ring (bicyclic) bond motifs is 1. The molecule has 0 atom stereocenters. The molecule has 0 radical (unpaired) electrons. The highest BCUT2D eigenvalue weighted by atomic mass is 32.2. The van der Waals surface area contributed by atoms with E-state index in [0.717, 1.165) is 27.5 Å². The Hall–Kier alpha value is -1.11. The molecule has 0 bridgehead atoms. The van der Waals surface area contributed by atoms with E-state index in [1.165, 1.54) is 11.8 Å². The van der Waals surface area contributed by atoms with Crippen LogP contribution in [0.5, 0.6) is 0 Å². The fourth-order valence-electron chi connectivity index (χ4n) is 1.72. The maximum absolute atomic E-state index is 12.0. The van der Waals surface area contributed by atoms with Crippen molar-refractivity contribution in [1.29, 1.82) is 0 Å². The van der Waals surface area contributed by atoms with E-state index >= 15 is 0 Å². The summed E-state index contributed by atoms with van der Waals surface area (Å²) in [5.41, 5.74) is 1.00. The third kappa shape index (κ3) is 4.19. The van der Waals surface area contributed by atoms with Crippen molar-refractivity contribution in [1.82, 2.24) is 9.88 Å². The Balaban J connectivity index is 1.83. The van der Waals surface area contributed by atoms with Gasteiger partial charge in [0.05, 0.1) is 16.0 Å². The van der Waals surface area contributed by atoms with Gasteiger partial charge < -0.3 is 9.64 Å². The van der Waals surface area contributed by atoms with Crippen molar-refractivity contribution in [3.05, 3.63) is 24.3 Å². The molecule has 0 fully saturated rings. The number of hydrogen-bond donors (Lipinski definition) is 0. The van der Waals surface area contributed by atoms with Gasteiger partial charge in [0.2, 0.25) is 5.91 Å². The van der Waals surface area contributed by atoms with E-state index in [1.807, 2.05) is 25.2 Å². The van der Waals surface area contributed by atoms with Gasteiger partial charge in [0.1, 0.15) is 0 Å². The first-order valence-corrected chi connectivity index (χ1v) is 8.22. The zero-order valence-corrected chi connectivity index (χ0v) is 13.3. The number of aromatic nitrogens is 1. The van der Waals surface area contributed by atoms with Crippen molar-refractivity contribution in [2.75, 3.05) is 33.1 Å². The number of amides is 1. The quantitative estimate of drug-likeness (QED) is 0.582. The summed E-state index contributed by atoms with van der Waals surface area (Å²) in [5.74, 6) is 0.564. The Morgan fingerprint density at radius 1 is 1.45 bits per heavy atom. The predicted octanol–water partition coefficient (Wildman–Crippen LogP) is 2.88. The van der Waals surface area contributed by atoms with Gasteiger partial charge in [-0.2, -0.15) is 0 Å². The highest BCUT2D eigenvalue weighted by Gasteiger charge is 2.11. The van der Waals surface area contributed by atoms with Gasteiger partial charge in [0.15, 0.2) is 4.34 Å². The number of nitrogens with zero attached hydrogens (tertiary/aromatic N) is 2. The van der Waals surface area contributed by atoms with Crippen LogP contribution in [0.25, 0.3) is 10.2 Å². The molecule has 1 amide bonds. The lowest BCUT2D eigenvalue weighted by Crippen LogP contribution is -2.29. The number of thiazole rings is 1. The normalized spacial score (nSPS) is 10.9. The van der Waals surface area contributed by atoms with Gasteiger partial charge >= 0.3 is 0 Å². The highest BCUT2D eigenvalue weighted by molar-refractivity contribution is 8.01. The molecule has 0 aliphatic rings. The van der Waals surface area contributed by atoms with E-state index < -0.39 is 0 Å². The molecule has 2 rings (SSSR count). The van der Waals surface area contributed by atoms with E-state index in [4.69, 9.17) is 4.74 Å². The molecule has 0 aliphatic heterocycles. The molecule has 1 aromatic heterocycles. The van der Waals surface area contributed by atoms with Crippen LogP contribution >= 0.6 is 23.1 Å². The minimum Gasteiger partial charge on any atom is -0.385 e. The van der Waals surface area contributed by atoms with Gasteiger partial charge in [-0.3, -0.25) is 4.79 Å². The van der Waals surface area contributed by atoms with Crippen LogP contribution in [0.3, 0.4) is 0 Å². The van der Waals surface area contributed by atoms with Gasteiger partial charge in [0.25, 0.3) is 0 Å². The Labute approximate surface area is 127 Å².